The first kappa shape index (κ1) is 10.4. The number of nitrogens with one attached hydrogen (secondary N) is 1. The number of aryl methyl sites for hydroxylation is 1. The van der Waals surface area contributed by atoms with Gasteiger partial charge in [-0.15, -0.1) is 0 Å². The van der Waals surface area contributed by atoms with E-state index in [1.165, 1.54) is 18.1 Å². The molecule has 0 amide bonds. The van der Waals surface area contributed by atoms with E-state index in [9.17, 15) is 4.79 Å². The number of rotatable bonds is 2. The third-order valence-electron chi connectivity index (χ3n) is 3.77. The van der Waals surface area contributed by atoms with Gasteiger partial charge < -0.3 is 9.72 Å². The zero-order valence-corrected chi connectivity index (χ0v) is 10.0. The van der Waals surface area contributed by atoms with E-state index in [-0.39, 0.29) is 11.4 Å². The summed E-state index contributed by atoms with van der Waals surface area (Å²) >= 11 is 0. The lowest BCUT2D eigenvalue weighted by atomic mass is 9.94. The van der Waals surface area contributed by atoms with Crippen molar-refractivity contribution in [3.05, 3.63) is 35.5 Å². The molecule has 0 atom stereocenters. The van der Waals surface area contributed by atoms with Gasteiger partial charge in [-0.2, -0.15) is 0 Å². The molecule has 3 heteroatoms. The summed E-state index contributed by atoms with van der Waals surface area (Å²) in [4.78, 5) is 15.0. The van der Waals surface area contributed by atoms with Crippen molar-refractivity contribution in [2.24, 2.45) is 0 Å². The Labute approximate surface area is 99.8 Å². The minimum atomic E-state index is -0.368. The molecule has 1 aliphatic carbocycles. The molecule has 1 fully saturated rings. The average Bonchev–Trinajstić information content (AvgIpc) is 3.09. The fraction of sp³-hybridized carbons (Fsp3) is 0.357. The van der Waals surface area contributed by atoms with Crippen LogP contribution < -0.4 is 0 Å². The van der Waals surface area contributed by atoms with Gasteiger partial charge in [-0.05, 0) is 43.0 Å². The molecule has 0 radical (unpaired) electrons. The van der Waals surface area contributed by atoms with Crippen molar-refractivity contribution in [1.82, 2.24) is 4.98 Å². The van der Waals surface area contributed by atoms with E-state index in [1.807, 2.05) is 18.3 Å². The Bertz CT molecular complexity index is 593. The van der Waals surface area contributed by atoms with E-state index >= 15 is 0 Å². The van der Waals surface area contributed by atoms with E-state index in [1.54, 1.807) is 0 Å². The number of aromatic nitrogens is 1. The number of carbonyl (C=O) groups excluding carboxylic acids is 1. The predicted octanol–water partition coefficient (Wildman–Crippen LogP) is 2.68. The van der Waals surface area contributed by atoms with Gasteiger partial charge in [0.25, 0.3) is 0 Å². The van der Waals surface area contributed by atoms with Crippen LogP contribution in [0.25, 0.3) is 10.9 Å². The quantitative estimate of drug-likeness (QED) is 0.804. The summed E-state index contributed by atoms with van der Waals surface area (Å²) in [5.74, 6) is -0.106. The molecule has 1 N–H and O–H groups in total. The van der Waals surface area contributed by atoms with Gasteiger partial charge in [-0.25, -0.2) is 0 Å². The van der Waals surface area contributed by atoms with Crippen LogP contribution in [0.1, 0.15) is 24.0 Å². The van der Waals surface area contributed by atoms with E-state index in [0.29, 0.717) is 0 Å². The molecule has 3 rings (SSSR count). The standard InChI is InChI=1S/C14H15NO2/c1-9-8-15-12-4-3-10(7-11(9)12)14(5-6-14)13(16)17-2/h3-4,7-8,15H,5-6H2,1-2H3. The van der Waals surface area contributed by atoms with Gasteiger partial charge in [-0.1, -0.05) is 6.07 Å². The number of benzene rings is 1. The smallest absolute Gasteiger partial charge is 0.316 e. The lowest BCUT2D eigenvalue weighted by Gasteiger charge is -2.13. The number of esters is 1. The van der Waals surface area contributed by atoms with Gasteiger partial charge >= 0.3 is 5.97 Å². The summed E-state index contributed by atoms with van der Waals surface area (Å²) in [6.45, 7) is 2.07. The molecule has 2 aromatic rings. The molecule has 1 aliphatic rings. The molecule has 1 saturated carbocycles. The van der Waals surface area contributed by atoms with Crippen molar-refractivity contribution in [2.75, 3.05) is 7.11 Å². The Balaban J connectivity index is 2.12. The topological polar surface area (TPSA) is 42.1 Å². The maximum absolute atomic E-state index is 11.8. The number of H-pyrrole nitrogens is 1. The Morgan fingerprint density at radius 3 is 2.82 bits per heavy atom. The predicted molar refractivity (Wildman–Crippen MR) is 66.0 cm³/mol. The lowest BCUT2D eigenvalue weighted by molar-refractivity contribution is -0.143. The first-order valence-electron chi connectivity index (χ1n) is 5.84. The normalized spacial score (nSPS) is 17.1. The SMILES string of the molecule is COC(=O)C1(c2ccc3[nH]cc(C)c3c2)CC1. The van der Waals surface area contributed by atoms with Gasteiger partial charge in [0.1, 0.15) is 0 Å². The summed E-state index contributed by atoms with van der Waals surface area (Å²) in [6.07, 6.45) is 3.79. The number of fused-ring (bicyclic) bond motifs is 1. The molecule has 3 nitrogen and oxygen atoms in total. The van der Waals surface area contributed by atoms with Crippen molar-refractivity contribution in [1.29, 1.82) is 0 Å². The first-order valence-corrected chi connectivity index (χ1v) is 5.84. The fourth-order valence-corrected chi connectivity index (χ4v) is 2.49. The number of ether oxygens (including phenoxy) is 1. The minimum absolute atomic E-state index is 0.106. The third-order valence-corrected chi connectivity index (χ3v) is 3.77. The average molecular weight is 229 g/mol. The van der Waals surface area contributed by atoms with Gasteiger partial charge in [-0.3, -0.25) is 4.79 Å². The molecule has 88 valence electrons. The largest absolute Gasteiger partial charge is 0.468 e. The van der Waals surface area contributed by atoms with Crippen molar-refractivity contribution in [2.45, 2.75) is 25.2 Å². The summed E-state index contributed by atoms with van der Waals surface area (Å²) < 4.78 is 4.91. The van der Waals surface area contributed by atoms with E-state index in [0.717, 1.165) is 23.9 Å². The van der Waals surface area contributed by atoms with Crippen LogP contribution >= 0.6 is 0 Å². The molecule has 1 aromatic heterocycles. The maximum Gasteiger partial charge on any atom is 0.316 e. The van der Waals surface area contributed by atoms with E-state index in [2.05, 4.69) is 18.0 Å². The second-order valence-electron chi connectivity index (χ2n) is 4.81. The van der Waals surface area contributed by atoms with Crippen molar-refractivity contribution < 1.29 is 9.53 Å². The fourth-order valence-electron chi connectivity index (χ4n) is 2.49. The second-order valence-corrected chi connectivity index (χ2v) is 4.81. The number of hydrogen-bond donors (Lipinski definition) is 1. The lowest BCUT2D eigenvalue weighted by Crippen LogP contribution is -2.21. The van der Waals surface area contributed by atoms with E-state index < -0.39 is 0 Å². The van der Waals surface area contributed by atoms with Gasteiger partial charge in [0.15, 0.2) is 0 Å². The van der Waals surface area contributed by atoms with Gasteiger partial charge in [0.05, 0.1) is 12.5 Å². The monoisotopic (exact) mass is 229 g/mol. The Kier molecular flexibility index (Phi) is 2.05. The number of aromatic amines is 1. The summed E-state index contributed by atoms with van der Waals surface area (Å²) in [5, 5.41) is 1.19. The van der Waals surface area contributed by atoms with Crippen LogP contribution in [0.15, 0.2) is 24.4 Å². The van der Waals surface area contributed by atoms with Crippen LogP contribution in [0.3, 0.4) is 0 Å². The maximum atomic E-state index is 11.8. The third kappa shape index (κ3) is 1.38. The number of carbonyl (C=O) groups is 1. The second kappa shape index (κ2) is 3.36. The molecule has 1 heterocycles. The number of methoxy groups -OCH3 is 1. The van der Waals surface area contributed by atoms with Crippen LogP contribution in [0, 0.1) is 6.92 Å². The highest BCUT2D eigenvalue weighted by atomic mass is 16.5. The molecule has 0 bridgehead atoms. The van der Waals surface area contributed by atoms with Crippen LogP contribution in [0.2, 0.25) is 0 Å². The van der Waals surface area contributed by atoms with Gasteiger partial charge in [0, 0.05) is 17.1 Å². The Morgan fingerprint density at radius 2 is 2.18 bits per heavy atom. The molecular weight excluding hydrogens is 214 g/mol. The summed E-state index contributed by atoms with van der Waals surface area (Å²) in [7, 11) is 1.46. The molecule has 17 heavy (non-hydrogen) atoms. The van der Waals surface area contributed by atoms with Crippen molar-refractivity contribution in [3.63, 3.8) is 0 Å². The molecule has 0 unspecified atom stereocenters. The zero-order chi connectivity index (χ0) is 12.0. The van der Waals surface area contributed by atoms with Crippen LogP contribution in [-0.4, -0.2) is 18.1 Å². The Hall–Kier alpha value is -1.77. The molecular formula is C14H15NO2. The van der Waals surface area contributed by atoms with Crippen LogP contribution in [-0.2, 0) is 14.9 Å². The highest BCUT2D eigenvalue weighted by Gasteiger charge is 2.52. The summed E-state index contributed by atoms with van der Waals surface area (Å²) in [6, 6.07) is 6.19. The van der Waals surface area contributed by atoms with Crippen LogP contribution in [0.4, 0.5) is 0 Å². The van der Waals surface area contributed by atoms with Crippen molar-refractivity contribution in [3.8, 4) is 0 Å². The minimum Gasteiger partial charge on any atom is -0.468 e. The zero-order valence-electron chi connectivity index (χ0n) is 10.0. The first-order chi connectivity index (χ1) is 8.17. The summed E-state index contributed by atoms with van der Waals surface area (Å²) in [5.41, 5.74) is 3.04. The highest BCUT2D eigenvalue weighted by Crippen LogP contribution is 2.49. The number of hydrogen-bond acceptors (Lipinski definition) is 2. The molecule has 1 aromatic carbocycles. The molecule has 0 aliphatic heterocycles. The molecule has 0 spiro atoms. The van der Waals surface area contributed by atoms with Gasteiger partial charge in [0.2, 0.25) is 0 Å². The highest BCUT2D eigenvalue weighted by molar-refractivity contribution is 5.90. The Morgan fingerprint density at radius 1 is 1.41 bits per heavy atom. The van der Waals surface area contributed by atoms with Crippen molar-refractivity contribution >= 4 is 16.9 Å². The molecule has 0 saturated heterocycles. The van der Waals surface area contributed by atoms with E-state index in [4.69, 9.17) is 4.74 Å². The van der Waals surface area contributed by atoms with Crippen LogP contribution in [0.5, 0.6) is 0 Å².